The molecule has 0 spiro atoms. The largest absolute Gasteiger partial charge is 0.274 e. The molecule has 0 radical (unpaired) electrons. The number of carbonyl (C=O) groups is 1. The van der Waals surface area contributed by atoms with E-state index in [9.17, 15) is 4.79 Å². The molecule has 3 aromatic rings. The molecule has 100 valence electrons. The van der Waals surface area contributed by atoms with Crippen molar-refractivity contribution < 1.29 is 4.79 Å². The van der Waals surface area contributed by atoms with Gasteiger partial charge in [-0.3, -0.25) is 4.79 Å². The number of imidazole rings is 1. The number of aromatic nitrogens is 4. The molecule has 5 nitrogen and oxygen atoms in total. The first-order valence-electron chi connectivity index (χ1n) is 6.50. The quantitative estimate of drug-likeness (QED) is 0.689. The van der Waals surface area contributed by atoms with Crippen molar-refractivity contribution in [3.05, 3.63) is 29.0 Å². The maximum atomic E-state index is 11.9. The smallest absolute Gasteiger partial charge is 0.230 e. The second-order valence-electron chi connectivity index (χ2n) is 5.10. The first-order chi connectivity index (χ1) is 9.63. The molecule has 0 amide bonds. The number of hydrogen-bond donors (Lipinski definition) is 0. The Morgan fingerprint density at radius 1 is 1.25 bits per heavy atom. The minimum Gasteiger partial charge on any atom is -0.274 e. The van der Waals surface area contributed by atoms with E-state index in [4.69, 9.17) is 11.6 Å². The molecule has 1 aliphatic carbocycles. The standard InChI is InChI=1S/C14H11ClN4O/c1-7(20)19-13(8-2-3-8)18-12-14(19)17-10-5-4-9(15)6-11(10)16-12/h4-6,8H,2-3H2,1H3. The second-order valence-corrected chi connectivity index (χ2v) is 5.54. The Kier molecular flexibility index (Phi) is 2.35. The molecular weight excluding hydrogens is 276 g/mol. The van der Waals surface area contributed by atoms with E-state index >= 15 is 0 Å². The maximum Gasteiger partial charge on any atom is 0.230 e. The van der Waals surface area contributed by atoms with Gasteiger partial charge in [-0.15, -0.1) is 0 Å². The molecule has 4 rings (SSSR count). The van der Waals surface area contributed by atoms with Gasteiger partial charge < -0.3 is 0 Å². The van der Waals surface area contributed by atoms with Gasteiger partial charge in [0, 0.05) is 17.9 Å². The van der Waals surface area contributed by atoms with Crippen LogP contribution in [0.1, 0.15) is 36.3 Å². The SMILES string of the molecule is CC(=O)n1c(C2CC2)nc2nc3cc(Cl)ccc3nc21. The third kappa shape index (κ3) is 1.70. The summed E-state index contributed by atoms with van der Waals surface area (Å²) in [6.45, 7) is 1.53. The van der Waals surface area contributed by atoms with Gasteiger partial charge in [-0.1, -0.05) is 11.6 Å². The molecule has 2 aromatic heterocycles. The summed E-state index contributed by atoms with van der Waals surface area (Å²) in [4.78, 5) is 25.4. The molecule has 0 aliphatic heterocycles. The molecular formula is C14H11ClN4O. The number of carbonyl (C=O) groups excluding carboxylic acids is 1. The van der Waals surface area contributed by atoms with Gasteiger partial charge in [-0.25, -0.2) is 19.5 Å². The molecule has 0 bridgehead atoms. The van der Waals surface area contributed by atoms with Crippen LogP contribution < -0.4 is 0 Å². The molecule has 1 fully saturated rings. The van der Waals surface area contributed by atoms with E-state index in [0.29, 0.717) is 33.3 Å². The summed E-state index contributed by atoms with van der Waals surface area (Å²) < 4.78 is 1.59. The molecule has 6 heteroatoms. The number of hydrogen-bond acceptors (Lipinski definition) is 4. The Morgan fingerprint density at radius 3 is 2.75 bits per heavy atom. The summed E-state index contributed by atoms with van der Waals surface area (Å²) in [5, 5.41) is 0.611. The molecule has 1 aliphatic rings. The number of nitrogens with zero attached hydrogens (tertiary/aromatic N) is 4. The lowest BCUT2D eigenvalue weighted by molar-refractivity contribution is 0.0937. The first-order valence-corrected chi connectivity index (χ1v) is 6.88. The van der Waals surface area contributed by atoms with E-state index in [1.165, 1.54) is 6.92 Å². The van der Waals surface area contributed by atoms with Gasteiger partial charge in [-0.05, 0) is 31.0 Å². The fourth-order valence-corrected chi connectivity index (χ4v) is 2.59. The van der Waals surface area contributed by atoms with Crippen molar-refractivity contribution in [1.29, 1.82) is 0 Å². The molecule has 0 N–H and O–H groups in total. The van der Waals surface area contributed by atoms with E-state index in [0.717, 1.165) is 18.7 Å². The predicted molar refractivity (Wildman–Crippen MR) is 76.1 cm³/mol. The van der Waals surface area contributed by atoms with Gasteiger partial charge in [0.25, 0.3) is 0 Å². The lowest BCUT2D eigenvalue weighted by atomic mass is 10.3. The highest BCUT2D eigenvalue weighted by Crippen LogP contribution is 2.40. The number of rotatable bonds is 1. The van der Waals surface area contributed by atoms with Crippen LogP contribution in [0.4, 0.5) is 0 Å². The Hall–Kier alpha value is -2.01. The van der Waals surface area contributed by atoms with Crippen LogP contribution >= 0.6 is 11.6 Å². The van der Waals surface area contributed by atoms with Crippen molar-refractivity contribution in [2.45, 2.75) is 25.7 Å². The Labute approximate surface area is 119 Å². The topological polar surface area (TPSA) is 60.7 Å². The van der Waals surface area contributed by atoms with Crippen LogP contribution in [0.2, 0.25) is 5.02 Å². The summed E-state index contributed by atoms with van der Waals surface area (Å²) >= 11 is 5.97. The van der Waals surface area contributed by atoms with Gasteiger partial charge in [0.15, 0.2) is 11.3 Å². The number of fused-ring (bicyclic) bond motifs is 2. The van der Waals surface area contributed by atoms with Crippen LogP contribution in [0.25, 0.3) is 22.3 Å². The maximum absolute atomic E-state index is 11.9. The van der Waals surface area contributed by atoms with Crippen molar-refractivity contribution in [3.63, 3.8) is 0 Å². The average Bonchev–Trinajstić information content (AvgIpc) is 3.17. The lowest BCUT2D eigenvalue weighted by Crippen LogP contribution is -2.10. The van der Waals surface area contributed by atoms with Crippen molar-refractivity contribution in [2.75, 3.05) is 0 Å². The Bertz CT molecular complexity index is 866. The van der Waals surface area contributed by atoms with Gasteiger partial charge in [0.1, 0.15) is 5.82 Å². The predicted octanol–water partition coefficient (Wildman–Crippen LogP) is 3.17. The molecule has 1 aromatic carbocycles. The van der Waals surface area contributed by atoms with E-state index in [-0.39, 0.29) is 5.91 Å². The fourth-order valence-electron chi connectivity index (χ4n) is 2.43. The first kappa shape index (κ1) is 11.8. The average molecular weight is 287 g/mol. The zero-order valence-corrected chi connectivity index (χ0v) is 11.6. The van der Waals surface area contributed by atoms with E-state index in [1.54, 1.807) is 22.8 Å². The minimum atomic E-state index is -0.0722. The highest BCUT2D eigenvalue weighted by Gasteiger charge is 2.31. The van der Waals surface area contributed by atoms with E-state index < -0.39 is 0 Å². The highest BCUT2D eigenvalue weighted by atomic mass is 35.5. The van der Waals surface area contributed by atoms with Gasteiger partial charge in [0.2, 0.25) is 5.91 Å². The normalized spacial score (nSPS) is 15.1. The van der Waals surface area contributed by atoms with Crippen LogP contribution in [0, 0.1) is 0 Å². The summed E-state index contributed by atoms with van der Waals surface area (Å²) in [7, 11) is 0. The zero-order valence-electron chi connectivity index (χ0n) is 10.8. The van der Waals surface area contributed by atoms with Crippen LogP contribution in [0.3, 0.4) is 0 Å². The highest BCUT2D eigenvalue weighted by molar-refractivity contribution is 6.31. The minimum absolute atomic E-state index is 0.0722. The monoisotopic (exact) mass is 286 g/mol. The van der Waals surface area contributed by atoms with Gasteiger partial charge >= 0.3 is 0 Å². The van der Waals surface area contributed by atoms with Crippen LogP contribution in [0.15, 0.2) is 18.2 Å². The molecule has 0 saturated heterocycles. The number of benzene rings is 1. The van der Waals surface area contributed by atoms with Crippen molar-refractivity contribution in [3.8, 4) is 0 Å². The Balaban J connectivity index is 2.09. The van der Waals surface area contributed by atoms with Gasteiger partial charge in [0.05, 0.1) is 11.0 Å². The summed E-state index contributed by atoms with van der Waals surface area (Å²) in [5.41, 5.74) is 2.46. The third-order valence-corrected chi connectivity index (χ3v) is 3.74. The van der Waals surface area contributed by atoms with E-state index in [1.807, 2.05) is 0 Å². The number of halogens is 1. The van der Waals surface area contributed by atoms with Crippen LogP contribution in [-0.2, 0) is 0 Å². The van der Waals surface area contributed by atoms with Crippen LogP contribution in [-0.4, -0.2) is 25.4 Å². The Morgan fingerprint density at radius 2 is 2.05 bits per heavy atom. The van der Waals surface area contributed by atoms with Crippen molar-refractivity contribution in [1.82, 2.24) is 19.5 Å². The summed E-state index contributed by atoms with van der Waals surface area (Å²) in [6, 6.07) is 5.33. The van der Waals surface area contributed by atoms with Gasteiger partial charge in [-0.2, -0.15) is 0 Å². The van der Waals surface area contributed by atoms with Crippen molar-refractivity contribution >= 4 is 39.8 Å². The zero-order chi connectivity index (χ0) is 13.9. The molecule has 20 heavy (non-hydrogen) atoms. The summed E-state index contributed by atoms with van der Waals surface area (Å²) in [6.07, 6.45) is 2.14. The molecule has 2 heterocycles. The molecule has 1 saturated carbocycles. The molecule has 0 unspecified atom stereocenters. The lowest BCUT2D eigenvalue weighted by Gasteiger charge is -2.02. The van der Waals surface area contributed by atoms with E-state index in [2.05, 4.69) is 15.0 Å². The summed E-state index contributed by atoms with van der Waals surface area (Å²) in [5.74, 6) is 1.08. The van der Waals surface area contributed by atoms with Crippen molar-refractivity contribution in [2.24, 2.45) is 0 Å². The third-order valence-electron chi connectivity index (χ3n) is 3.51. The van der Waals surface area contributed by atoms with Crippen LogP contribution in [0.5, 0.6) is 0 Å². The second kappa shape index (κ2) is 3.99. The fraction of sp³-hybridized carbons (Fsp3) is 0.286. The molecule has 0 atom stereocenters.